The Morgan fingerprint density at radius 3 is 0.348 bits per heavy atom. The Hall–Kier alpha value is -2.50. The molecule has 23 heavy (non-hydrogen) atoms. The molecule has 0 bridgehead atoms. The fourth-order valence-corrected chi connectivity index (χ4v) is 0. The summed E-state index contributed by atoms with van der Waals surface area (Å²) in [7, 11) is 0. The van der Waals surface area contributed by atoms with Crippen LogP contribution in [0.4, 0.5) is 0 Å². The van der Waals surface area contributed by atoms with Crippen molar-refractivity contribution in [3.8, 4) is 0 Å². The first-order valence-corrected chi connectivity index (χ1v) is 2.74. The van der Waals surface area contributed by atoms with Crippen LogP contribution in [-0.2, 0) is 0 Å². The molecular weight excluding hydrogens is 490 g/mol. The zero-order chi connectivity index (χ0) is 17.9. The van der Waals surface area contributed by atoms with Crippen LogP contribution in [0.25, 0.3) is 0 Å². The molecule has 0 aromatic carbocycles. The summed E-state index contributed by atoms with van der Waals surface area (Å²) in [6.07, 6.45) is 0. The normalized spacial score (nSPS) is 5.22. The second kappa shape index (κ2) is 42.7. The molecule has 1 radical (unpaired) electrons. The molecule has 8 N–H and O–H groups in total. The molecule has 0 rings (SSSR count). The second-order valence-electron chi connectivity index (χ2n) is 1.12. The van der Waals surface area contributed by atoms with Gasteiger partial charge in [0.1, 0.15) is 0 Å². The minimum atomic E-state index is -1.75. The first-order valence-electron chi connectivity index (χ1n) is 2.74. The predicted molar refractivity (Wildman–Crippen MR) is 63.8 cm³/mol. The van der Waals surface area contributed by atoms with E-state index in [9.17, 15) is 0 Å². The van der Waals surface area contributed by atoms with Gasteiger partial charge in [-0.25, -0.2) is 0 Å². The maximum Gasteiger partial charge on any atom is 2.00 e. The molecule has 0 aliphatic rings. The Morgan fingerprint density at radius 1 is 0.348 bits per heavy atom. The van der Waals surface area contributed by atoms with E-state index in [0.29, 0.717) is 0 Å². The third-order valence-electron chi connectivity index (χ3n) is 0. The monoisotopic (exact) mass is 499 g/mol. The van der Waals surface area contributed by atoms with E-state index in [0.717, 1.165) is 0 Å². The minimum Gasteiger partial charge on any atom is -0.369 e. The minimum absolute atomic E-state index is 0. The molecule has 0 aliphatic carbocycles. The van der Waals surface area contributed by atoms with Gasteiger partial charge in [-0.05, 0) is 0 Å². The average Bonchev–Trinajstić information content (AvgIpc) is 1.94. The SMILES string of the molecule is O=[N+]([O-])[O-].O=[N+]([O-])[O-].O=[N+]([O-])[O-].O=[N+]([O-])[O-].O=[N+]([O-])[O-].[Eu+2].[NH4+].[NH4+]. The van der Waals surface area contributed by atoms with Gasteiger partial charge >= 0.3 is 49.4 Å². The third-order valence-corrected chi connectivity index (χ3v) is 0. The van der Waals surface area contributed by atoms with E-state index in [1.54, 1.807) is 0 Å². The Morgan fingerprint density at radius 2 is 0.348 bits per heavy atom. The van der Waals surface area contributed by atoms with Gasteiger partial charge in [0, 0.05) is 0 Å². The van der Waals surface area contributed by atoms with Crippen LogP contribution in [0.3, 0.4) is 0 Å². The van der Waals surface area contributed by atoms with Crippen LogP contribution in [-0.4, -0.2) is 25.4 Å². The van der Waals surface area contributed by atoms with Gasteiger partial charge in [0.2, 0.25) is 0 Å². The quantitative estimate of drug-likeness (QED) is 0.315. The standard InChI is InChI=1S/Eu.5NO3.2H3N/c;5*2-1(3)4;;/h;;;;;;2*1H3/q+2;5*-1;;/p+2. The van der Waals surface area contributed by atoms with Crippen molar-refractivity contribution in [2.75, 3.05) is 0 Å². The van der Waals surface area contributed by atoms with Crippen LogP contribution in [0, 0.1) is 126 Å². The Kier molecular flexibility index (Phi) is 92.6. The van der Waals surface area contributed by atoms with E-state index in [-0.39, 0.29) is 61.7 Å². The van der Waals surface area contributed by atoms with Gasteiger partial charge < -0.3 is 88.9 Å². The van der Waals surface area contributed by atoms with Crippen LogP contribution in [0.1, 0.15) is 0 Å². The van der Waals surface area contributed by atoms with E-state index in [4.69, 9.17) is 76.6 Å². The molecule has 141 valence electrons. The van der Waals surface area contributed by atoms with Crippen molar-refractivity contribution in [1.82, 2.24) is 12.3 Å². The first-order chi connectivity index (χ1) is 8.66. The fraction of sp³-hybridized carbons (Fsp3) is 0. The van der Waals surface area contributed by atoms with Crippen LogP contribution < -0.4 is 12.3 Å². The molecule has 23 heteroatoms. The molecule has 0 atom stereocenters. The topological polar surface area (TPSA) is 404 Å². The summed E-state index contributed by atoms with van der Waals surface area (Å²) in [6.45, 7) is 0. The molecule has 0 aliphatic heterocycles. The number of hydrogen-bond acceptors (Lipinski definition) is 15. The maximum absolute atomic E-state index is 8.25. The molecule has 0 unspecified atom stereocenters. The smallest absolute Gasteiger partial charge is 0.369 e. The van der Waals surface area contributed by atoms with Crippen molar-refractivity contribution >= 4 is 0 Å². The number of rotatable bonds is 0. The predicted octanol–water partition coefficient (Wildman–Crippen LogP) is -0.443. The van der Waals surface area contributed by atoms with E-state index in [1.165, 1.54) is 0 Å². The molecule has 0 aromatic rings. The molecule has 0 saturated heterocycles. The first kappa shape index (κ1) is 49.9. The van der Waals surface area contributed by atoms with Crippen molar-refractivity contribution < 1.29 is 74.8 Å². The Balaban J connectivity index is -0.0000000197. The average molecular weight is 498 g/mol. The van der Waals surface area contributed by atoms with Crippen molar-refractivity contribution in [1.29, 1.82) is 0 Å². The van der Waals surface area contributed by atoms with Gasteiger partial charge in [-0.3, -0.25) is 0 Å². The van der Waals surface area contributed by atoms with E-state index < -0.39 is 25.4 Å². The molecule has 22 nitrogen and oxygen atoms in total. The number of nitrogens with zero attached hydrogens (tertiary/aromatic N) is 5. The van der Waals surface area contributed by atoms with E-state index in [1.807, 2.05) is 0 Å². The molecule has 0 fully saturated rings. The van der Waals surface area contributed by atoms with Crippen molar-refractivity contribution in [3.05, 3.63) is 76.6 Å². The Labute approximate surface area is 163 Å². The van der Waals surface area contributed by atoms with Crippen molar-refractivity contribution in [2.45, 2.75) is 0 Å². The van der Waals surface area contributed by atoms with Crippen LogP contribution in [0.2, 0.25) is 0 Å². The molecule has 0 aromatic heterocycles. The Bertz CT molecular complexity index is 211. The third kappa shape index (κ3) is 960. The second-order valence-corrected chi connectivity index (χ2v) is 1.12. The van der Waals surface area contributed by atoms with Crippen LogP contribution in [0.5, 0.6) is 0 Å². The maximum atomic E-state index is 8.25. The van der Waals surface area contributed by atoms with Gasteiger partial charge in [-0.1, -0.05) is 0 Å². The molecule has 0 saturated carbocycles. The van der Waals surface area contributed by atoms with E-state index >= 15 is 0 Å². The van der Waals surface area contributed by atoms with Gasteiger partial charge in [0.25, 0.3) is 0 Å². The summed E-state index contributed by atoms with van der Waals surface area (Å²) in [6, 6.07) is 0. The van der Waals surface area contributed by atoms with Crippen LogP contribution in [0.15, 0.2) is 0 Å². The summed E-state index contributed by atoms with van der Waals surface area (Å²) >= 11 is 0. The molecule has 0 spiro atoms. The summed E-state index contributed by atoms with van der Waals surface area (Å²) in [5.74, 6) is 0. The zero-order valence-electron chi connectivity index (χ0n) is 10.7. The summed E-state index contributed by atoms with van der Waals surface area (Å²) in [5.41, 5.74) is 0. The van der Waals surface area contributed by atoms with Gasteiger partial charge in [0.05, 0.1) is 25.4 Å². The van der Waals surface area contributed by atoms with Gasteiger partial charge in [-0.15, -0.1) is 0 Å². The van der Waals surface area contributed by atoms with Crippen LogP contribution >= 0.6 is 0 Å². The number of hydrogen-bond donors (Lipinski definition) is 2. The molecule has 0 heterocycles. The summed E-state index contributed by atoms with van der Waals surface area (Å²) < 4.78 is 0. The zero-order valence-corrected chi connectivity index (χ0v) is 13.2. The molecular formula is H8EuN7O15-. The van der Waals surface area contributed by atoms with Crippen molar-refractivity contribution in [3.63, 3.8) is 0 Å². The van der Waals surface area contributed by atoms with Gasteiger partial charge in [0.15, 0.2) is 0 Å². The number of quaternary nitrogens is 2. The summed E-state index contributed by atoms with van der Waals surface area (Å²) in [5, 5.41) is 73.8. The largest absolute Gasteiger partial charge is 2.00 e. The summed E-state index contributed by atoms with van der Waals surface area (Å²) in [4.78, 5) is 41.2. The van der Waals surface area contributed by atoms with E-state index in [2.05, 4.69) is 0 Å². The molecule has 0 amide bonds. The van der Waals surface area contributed by atoms with Crippen molar-refractivity contribution in [2.24, 2.45) is 0 Å². The van der Waals surface area contributed by atoms with Gasteiger partial charge in [-0.2, -0.15) is 0 Å². The fourth-order valence-electron chi connectivity index (χ4n) is 0.